The van der Waals surface area contributed by atoms with Gasteiger partial charge in [-0.05, 0) is 29.8 Å². The number of carbonyl (C=O) groups excluding carboxylic acids is 2. The molecule has 0 aliphatic heterocycles. The quantitative estimate of drug-likeness (QED) is 0.659. The molecule has 0 atom stereocenters. The van der Waals surface area contributed by atoms with E-state index in [1.165, 1.54) is 36.0 Å². The summed E-state index contributed by atoms with van der Waals surface area (Å²) < 4.78 is 7.03. The van der Waals surface area contributed by atoms with E-state index in [0.717, 1.165) is 0 Å². The summed E-state index contributed by atoms with van der Waals surface area (Å²) >= 11 is 1.23. The Morgan fingerprint density at radius 1 is 1.24 bits per heavy atom. The number of amides is 1. The highest BCUT2D eigenvalue weighted by Gasteiger charge is 2.14. The number of furan rings is 1. The zero-order valence-corrected chi connectivity index (χ0v) is 13.9. The number of aromatic carboxylic acids is 1. The first-order valence-corrected chi connectivity index (χ1v) is 8.20. The van der Waals surface area contributed by atoms with Crippen molar-refractivity contribution in [2.24, 2.45) is 7.05 Å². The van der Waals surface area contributed by atoms with Gasteiger partial charge < -0.3 is 24.2 Å². The number of hydrogen-bond donors (Lipinski definition) is 1. The predicted octanol–water partition coefficient (Wildman–Crippen LogP) is 1.17. The van der Waals surface area contributed by atoms with Gasteiger partial charge in [-0.2, -0.15) is 0 Å². The first-order valence-electron chi connectivity index (χ1n) is 7.22. The molecule has 0 spiro atoms. The Hall–Kier alpha value is -3.07. The monoisotopic (exact) mass is 357 g/mol. The van der Waals surface area contributed by atoms with Crippen molar-refractivity contribution in [1.82, 2.24) is 14.8 Å². The van der Waals surface area contributed by atoms with E-state index in [2.05, 4.69) is 15.5 Å². The van der Waals surface area contributed by atoms with Crippen LogP contribution in [0.3, 0.4) is 0 Å². The molecule has 2 heterocycles. The highest BCUT2D eigenvalue weighted by molar-refractivity contribution is 7.99. The summed E-state index contributed by atoms with van der Waals surface area (Å²) in [6.07, 6.45) is 1.55. The van der Waals surface area contributed by atoms with Crippen molar-refractivity contribution in [3.05, 3.63) is 48.2 Å². The molecule has 2 aromatic heterocycles. The Morgan fingerprint density at radius 3 is 2.64 bits per heavy atom. The minimum absolute atomic E-state index is 0.0527. The molecular formula is C16H13N4O4S-. The summed E-state index contributed by atoms with van der Waals surface area (Å²) in [4.78, 5) is 22.7. The third-order valence-corrected chi connectivity index (χ3v) is 4.33. The van der Waals surface area contributed by atoms with Crippen LogP contribution in [0.5, 0.6) is 0 Å². The first-order chi connectivity index (χ1) is 12.0. The van der Waals surface area contributed by atoms with Crippen LogP contribution in [0.4, 0.5) is 5.69 Å². The number of hydrogen-bond acceptors (Lipinski definition) is 7. The predicted molar refractivity (Wildman–Crippen MR) is 88.8 cm³/mol. The number of nitrogens with zero attached hydrogens (tertiary/aromatic N) is 3. The molecule has 0 saturated heterocycles. The molecule has 1 N–H and O–H groups in total. The van der Waals surface area contributed by atoms with Crippen LogP contribution in [-0.2, 0) is 11.8 Å². The molecule has 0 radical (unpaired) electrons. The van der Waals surface area contributed by atoms with Gasteiger partial charge in [0, 0.05) is 12.7 Å². The molecule has 3 rings (SSSR count). The summed E-state index contributed by atoms with van der Waals surface area (Å²) in [6, 6.07) is 9.29. The van der Waals surface area contributed by atoms with Crippen LogP contribution in [0.25, 0.3) is 11.6 Å². The van der Waals surface area contributed by atoms with Gasteiger partial charge in [0.2, 0.25) is 5.91 Å². The van der Waals surface area contributed by atoms with Gasteiger partial charge in [-0.15, -0.1) is 10.2 Å². The second-order valence-corrected chi connectivity index (χ2v) is 5.99. The van der Waals surface area contributed by atoms with Crippen molar-refractivity contribution in [1.29, 1.82) is 0 Å². The average molecular weight is 357 g/mol. The normalized spacial score (nSPS) is 10.6. The number of carboxylic acid groups (broad SMARTS) is 1. The van der Waals surface area contributed by atoms with E-state index in [1.54, 1.807) is 30.0 Å². The maximum atomic E-state index is 12.0. The first kappa shape index (κ1) is 16.8. The van der Waals surface area contributed by atoms with Crippen molar-refractivity contribution in [2.45, 2.75) is 5.16 Å². The Morgan fingerprint density at radius 2 is 2.00 bits per heavy atom. The average Bonchev–Trinajstić information content (AvgIpc) is 3.23. The molecule has 9 heteroatoms. The van der Waals surface area contributed by atoms with Crippen molar-refractivity contribution >= 4 is 29.3 Å². The highest BCUT2D eigenvalue weighted by Crippen LogP contribution is 2.23. The molecule has 0 unspecified atom stereocenters. The third-order valence-electron chi connectivity index (χ3n) is 3.31. The third kappa shape index (κ3) is 3.89. The number of carboxylic acids is 1. The molecule has 0 saturated carbocycles. The topological polar surface area (TPSA) is 113 Å². The van der Waals surface area contributed by atoms with Gasteiger partial charge in [0.05, 0.1) is 18.0 Å². The van der Waals surface area contributed by atoms with Crippen LogP contribution in [0.1, 0.15) is 10.4 Å². The van der Waals surface area contributed by atoms with Crippen molar-refractivity contribution in [3.8, 4) is 11.6 Å². The van der Waals surface area contributed by atoms with E-state index < -0.39 is 5.97 Å². The molecule has 128 valence electrons. The minimum Gasteiger partial charge on any atom is -0.545 e. The highest BCUT2D eigenvalue weighted by atomic mass is 32.2. The fourth-order valence-corrected chi connectivity index (χ4v) is 2.79. The number of benzene rings is 1. The standard InChI is InChI=1S/C16H14N4O4S/c1-20-14(12-3-2-8-24-12)18-19-16(20)25-9-13(21)17-11-6-4-10(5-7-11)15(22)23/h2-8H,9H2,1H3,(H,17,21)(H,22,23)/p-1. The van der Waals surface area contributed by atoms with E-state index in [4.69, 9.17) is 4.42 Å². The van der Waals surface area contributed by atoms with Crippen LogP contribution in [0, 0.1) is 0 Å². The van der Waals surface area contributed by atoms with E-state index >= 15 is 0 Å². The summed E-state index contributed by atoms with van der Waals surface area (Å²) in [5.74, 6) is -0.200. The van der Waals surface area contributed by atoms with Crippen molar-refractivity contribution in [3.63, 3.8) is 0 Å². The van der Waals surface area contributed by atoms with Crippen molar-refractivity contribution < 1.29 is 19.1 Å². The molecular weight excluding hydrogens is 344 g/mol. The molecule has 3 aromatic rings. The summed E-state index contributed by atoms with van der Waals surface area (Å²) in [7, 11) is 1.79. The number of anilines is 1. The Balaban J connectivity index is 1.58. The zero-order valence-electron chi connectivity index (χ0n) is 13.1. The lowest BCUT2D eigenvalue weighted by molar-refractivity contribution is -0.255. The number of nitrogens with one attached hydrogen (secondary N) is 1. The largest absolute Gasteiger partial charge is 0.545 e. The molecule has 1 amide bonds. The van der Waals surface area contributed by atoms with Gasteiger partial charge in [0.1, 0.15) is 0 Å². The lowest BCUT2D eigenvalue weighted by atomic mass is 10.2. The van der Waals surface area contributed by atoms with Crippen LogP contribution < -0.4 is 10.4 Å². The number of aromatic nitrogens is 3. The van der Waals surface area contributed by atoms with Gasteiger partial charge in [-0.25, -0.2) is 0 Å². The second kappa shape index (κ2) is 7.22. The van der Waals surface area contributed by atoms with Gasteiger partial charge in [-0.3, -0.25) is 4.79 Å². The molecule has 25 heavy (non-hydrogen) atoms. The lowest BCUT2D eigenvalue weighted by Crippen LogP contribution is -2.22. The Kier molecular flexibility index (Phi) is 4.85. The zero-order chi connectivity index (χ0) is 17.8. The minimum atomic E-state index is -1.26. The van der Waals surface area contributed by atoms with Crippen LogP contribution in [0.2, 0.25) is 0 Å². The smallest absolute Gasteiger partial charge is 0.234 e. The number of carbonyl (C=O) groups is 2. The van der Waals surface area contributed by atoms with E-state index in [1.807, 2.05) is 0 Å². The molecule has 0 fully saturated rings. The maximum Gasteiger partial charge on any atom is 0.234 e. The molecule has 0 bridgehead atoms. The summed E-state index contributed by atoms with van der Waals surface area (Å²) in [5.41, 5.74) is 0.557. The Bertz CT molecular complexity index is 888. The van der Waals surface area contributed by atoms with Gasteiger partial charge in [0.15, 0.2) is 16.7 Å². The fourth-order valence-electron chi connectivity index (χ4n) is 2.08. The van der Waals surface area contributed by atoms with Crippen LogP contribution in [-0.4, -0.2) is 32.4 Å². The fraction of sp³-hybridized carbons (Fsp3) is 0.125. The number of thioether (sulfide) groups is 1. The lowest BCUT2D eigenvalue weighted by Gasteiger charge is -2.07. The van der Waals surface area contributed by atoms with Crippen LogP contribution in [0.15, 0.2) is 52.2 Å². The van der Waals surface area contributed by atoms with E-state index in [0.29, 0.717) is 22.4 Å². The summed E-state index contributed by atoms with van der Waals surface area (Å²) in [6.45, 7) is 0. The second-order valence-electron chi connectivity index (χ2n) is 5.04. The molecule has 1 aromatic carbocycles. The maximum absolute atomic E-state index is 12.0. The SMILES string of the molecule is Cn1c(SCC(=O)Nc2ccc(C(=O)[O-])cc2)nnc1-c1ccco1. The van der Waals surface area contributed by atoms with Gasteiger partial charge >= 0.3 is 0 Å². The van der Waals surface area contributed by atoms with Crippen LogP contribution >= 0.6 is 11.8 Å². The van der Waals surface area contributed by atoms with E-state index in [9.17, 15) is 14.7 Å². The molecule has 0 aliphatic carbocycles. The number of rotatable bonds is 6. The van der Waals surface area contributed by atoms with E-state index in [-0.39, 0.29) is 17.2 Å². The molecule has 0 aliphatic rings. The van der Waals surface area contributed by atoms with Gasteiger partial charge in [-0.1, -0.05) is 23.9 Å². The van der Waals surface area contributed by atoms with Crippen molar-refractivity contribution in [2.75, 3.05) is 11.1 Å². The summed E-state index contributed by atoms with van der Waals surface area (Å²) in [5, 5.41) is 22.0. The van der Waals surface area contributed by atoms with Gasteiger partial charge in [0.25, 0.3) is 0 Å². The Labute approximate surface area is 146 Å². The molecule has 8 nitrogen and oxygen atoms in total.